The summed E-state index contributed by atoms with van der Waals surface area (Å²) in [6.07, 6.45) is 0. The average molecular weight is 266 g/mol. The summed E-state index contributed by atoms with van der Waals surface area (Å²) in [6.45, 7) is 5.61. The van der Waals surface area contributed by atoms with Crippen molar-refractivity contribution in [3.8, 4) is 0 Å². The fourth-order valence-corrected chi connectivity index (χ4v) is 2.22. The standard InChI is InChI=1S/C10H13Cl2NOS/c1-6-4-15-8(7(6)12)9(14)13-10(2,3)5-11/h4H,5H2,1-3H3,(H,13,14). The predicted molar refractivity (Wildman–Crippen MR) is 66.3 cm³/mol. The van der Waals surface area contributed by atoms with E-state index >= 15 is 0 Å². The molecule has 1 heterocycles. The smallest absolute Gasteiger partial charge is 0.263 e. The summed E-state index contributed by atoms with van der Waals surface area (Å²) in [6, 6.07) is 0. The van der Waals surface area contributed by atoms with Gasteiger partial charge in [0.15, 0.2) is 0 Å². The third kappa shape index (κ3) is 3.10. The minimum absolute atomic E-state index is 0.163. The highest BCUT2D eigenvalue weighted by Gasteiger charge is 2.22. The normalized spacial score (nSPS) is 11.5. The molecule has 2 nitrogen and oxygen atoms in total. The van der Waals surface area contributed by atoms with E-state index in [2.05, 4.69) is 5.32 Å². The summed E-state index contributed by atoms with van der Waals surface area (Å²) >= 11 is 13.1. The summed E-state index contributed by atoms with van der Waals surface area (Å²) in [5.41, 5.74) is 0.510. The van der Waals surface area contributed by atoms with Crippen LogP contribution in [0, 0.1) is 6.92 Å². The largest absolute Gasteiger partial charge is 0.345 e. The van der Waals surface area contributed by atoms with E-state index in [9.17, 15) is 4.79 Å². The van der Waals surface area contributed by atoms with Crippen LogP contribution in [0.15, 0.2) is 5.38 Å². The molecular formula is C10H13Cl2NOS. The van der Waals surface area contributed by atoms with Gasteiger partial charge in [-0.15, -0.1) is 22.9 Å². The zero-order chi connectivity index (χ0) is 11.6. The maximum atomic E-state index is 11.8. The molecule has 0 fully saturated rings. The van der Waals surface area contributed by atoms with E-state index in [4.69, 9.17) is 23.2 Å². The summed E-state index contributed by atoms with van der Waals surface area (Å²) in [4.78, 5) is 12.4. The molecule has 1 aromatic heterocycles. The molecule has 15 heavy (non-hydrogen) atoms. The van der Waals surface area contributed by atoms with E-state index in [1.165, 1.54) is 11.3 Å². The number of aryl methyl sites for hydroxylation is 1. The monoisotopic (exact) mass is 265 g/mol. The van der Waals surface area contributed by atoms with Crippen LogP contribution in [0.5, 0.6) is 0 Å². The van der Waals surface area contributed by atoms with E-state index in [1.807, 2.05) is 26.2 Å². The van der Waals surface area contributed by atoms with Crippen LogP contribution in [-0.2, 0) is 0 Å². The second-order valence-corrected chi connectivity index (χ2v) is 5.56. The second kappa shape index (κ2) is 4.73. The fourth-order valence-electron chi connectivity index (χ4n) is 0.981. The lowest BCUT2D eigenvalue weighted by molar-refractivity contribution is 0.0925. The van der Waals surface area contributed by atoms with Crippen LogP contribution in [0.2, 0.25) is 5.02 Å². The first-order valence-electron chi connectivity index (χ1n) is 4.49. The molecule has 1 amide bonds. The number of hydrogen-bond donors (Lipinski definition) is 1. The Morgan fingerprint density at radius 3 is 2.60 bits per heavy atom. The Balaban J connectivity index is 2.83. The van der Waals surface area contributed by atoms with Gasteiger partial charge < -0.3 is 5.32 Å². The lowest BCUT2D eigenvalue weighted by Crippen LogP contribution is -2.44. The molecule has 1 aromatic rings. The average Bonchev–Trinajstić information content (AvgIpc) is 2.47. The molecule has 1 rings (SSSR count). The van der Waals surface area contributed by atoms with Gasteiger partial charge in [-0.2, -0.15) is 0 Å². The molecule has 0 bridgehead atoms. The van der Waals surface area contributed by atoms with Crippen LogP contribution in [0.1, 0.15) is 29.1 Å². The van der Waals surface area contributed by atoms with E-state index in [0.29, 0.717) is 15.8 Å². The topological polar surface area (TPSA) is 29.1 Å². The molecule has 0 spiro atoms. The minimum atomic E-state index is -0.417. The zero-order valence-electron chi connectivity index (χ0n) is 8.86. The first-order valence-corrected chi connectivity index (χ1v) is 6.28. The van der Waals surface area contributed by atoms with Gasteiger partial charge in [0, 0.05) is 11.4 Å². The number of carbonyl (C=O) groups excluding carboxylic acids is 1. The Kier molecular flexibility index (Phi) is 4.04. The summed E-state index contributed by atoms with van der Waals surface area (Å²) in [5, 5.41) is 5.23. The van der Waals surface area contributed by atoms with Gasteiger partial charge in [-0.3, -0.25) is 4.79 Å². The Hall–Kier alpha value is -0.250. The molecule has 0 aliphatic heterocycles. The second-order valence-electron chi connectivity index (χ2n) is 4.03. The van der Waals surface area contributed by atoms with Crippen LogP contribution in [-0.4, -0.2) is 17.3 Å². The van der Waals surface area contributed by atoms with Gasteiger partial charge in [-0.05, 0) is 31.7 Å². The highest BCUT2D eigenvalue weighted by Crippen LogP contribution is 2.27. The van der Waals surface area contributed by atoms with Crippen LogP contribution in [0.3, 0.4) is 0 Å². The Morgan fingerprint density at radius 2 is 2.20 bits per heavy atom. The van der Waals surface area contributed by atoms with E-state index in [1.54, 1.807) is 0 Å². The van der Waals surface area contributed by atoms with Gasteiger partial charge in [0.2, 0.25) is 0 Å². The van der Waals surface area contributed by atoms with Gasteiger partial charge in [-0.1, -0.05) is 11.6 Å². The van der Waals surface area contributed by atoms with Crippen molar-refractivity contribution in [2.45, 2.75) is 26.3 Å². The Bertz CT molecular complexity index is 373. The van der Waals surface area contributed by atoms with Crippen molar-refractivity contribution < 1.29 is 4.79 Å². The number of nitrogens with one attached hydrogen (secondary N) is 1. The molecule has 0 unspecified atom stereocenters. The van der Waals surface area contributed by atoms with Crippen molar-refractivity contribution in [3.05, 3.63) is 20.8 Å². The lowest BCUT2D eigenvalue weighted by atomic mass is 10.1. The number of rotatable bonds is 3. The van der Waals surface area contributed by atoms with Crippen LogP contribution < -0.4 is 5.32 Å². The maximum Gasteiger partial charge on any atom is 0.263 e. The zero-order valence-corrected chi connectivity index (χ0v) is 11.2. The van der Waals surface area contributed by atoms with Crippen molar-refractivity contribution in [3.63, 3.8) is 0 Å². The number of carbonyl (C=O) groups is 1. The van der Waals surface area contributed by atoms with Gasteiger partial charge in [0.25, 0.3) is 5.91 Å². The molecule has 0 aliphatic rings. The minimum Gasteiger partial charge on any atom is -0.345 e. The fraction of sp³-hybridized carbons (Fsp3) is 0.500. The highest BCUT2D eigenvalue weighted by atomic mass is 35.5. The molecule has 5 heteroatoms. The quantitative estimate of drug-likeness (QED) is 0.834. The highest BCUT2D eigenvalue weighted by molar-refractivity contribution is 7.13. The summed E-state index contributed by atoms with van der Waals surface area (Å²) < 4.78 is 0. The number of halogens is 2. The van der Waals surface area contributed by atoms with Crippen molar-refractivity contribution in [1.82, 2.24) is 5.32 Å². The van der Waals surface area contributed by atoms with Crippen LogP contribution in [0.4, 0.5) is 0 Å². The summed E-state index contributed by atoms with van der Waals surface area (Å²) in [5.74, 6) is 0.199. The molecule has 1 N–H and O–H groups in total. The molecule has 0 saturated heterocycles. The third-order valence-electron chi connectivity index (χ3n) is 1.89. The number of alkyl halides is 1. The SMILES string of the molecule is Cc1csc(C(=O)NC(C)(C)CCl)c1Cl. The molecule has 84 valence electrons. The summed E-state index contributed by atoms with van der Waals surface area (Å²) in [7, 11) is 0. The van der Waals surface area contributed by atoms with Crippen LogP contribution >= 0.6 is 34.5 Å². The van der Waals surface area contributed by atoms with Gasteiger partial charge in [0.05, 0.1) is 5.02 Å². The molecular weight excluding hydrogens is 253 g/mol. The first kappa shape index (κ1) is 12.8. The molecule has 0 radical (unpaired) electrons. The number of hydrogen-bond acceptors (Lipinski definition) is 2. The molecule has 0 aliphatic carbocycles. The lowest BCUT2D eigenvalue weighted by Gasteiger charge is -2.22. The molecule has 0 saturated carbocycles. The van der Waals surface area contributed by atoms with Crippen molar-refractivity contribution in [2.24, 2.45) is 0 Å². The van der Waals surface area contributed by atoms with Crippen molar-refractivity contribution >= 4 is 40.4 Å². The Morgan fingerprint density at radius 1 is 1.60 bits per heavy atom. The predicted octanol–water partition coefficient (Wildman–Crippen LogP) is 3.46. The van der Waals surface area contributed by atoms with Gasteiger partial charge in [0.1, 0.15) is 4.88 Å². The van der Waals surface area contributed by atoms with E-state index < -0.39 is 5.54 Å². The molecule has 0 aromatic carbocycles. The van der Waals surface area contributed by atoms with E-state index in [0.717, 1.165) is 5.56 Å². The number of amides is 1. The van der Waals surface area contributed by atoms with Gasteiger partial charge >= 0.3 is 0 Å². The van der Waals surface area contributed by atoms with Gasteiger partial charge in [-0.25, -0.2) is 0 Å². The third-order valence-corrected chi connectivity index (χ3v) is 4.26. The Labute approximate surface area is 104 Å². The van der Waals surface area contributed by atoms with E-state index in [-0.39, 0.29) is 5.91 Å². The number of thiophene rings is 1. The molecule has 0 atom stereocenters. The van der Waals surface area contributed by atoms with Crippen molar-refractivity contribution in [1.29, 1.82) is 0 Å². The first-order chi connectivity index (χ1) is 6.87. The van der Waals surface area contributed by atoms with Crippen molar-refractivity contribution in [2.75, 3.05) is 5.88 Å². The maximum absolute atomic E-state index is 11.8. The van der Waals surface area contributed by atoms with Crippen LogP contribution in [0.25, 0.3) is 0 Å².